The van der Waals surface area contributed by atoms with Gasteiger partial charge in [0.1, 0.15) is 6.20 Å². The summed E-state index contributed by atoms with van der Waals surface area (Å²) in [5.74, 6) is 0.853. The molecule has 2 heterocycles. The SMILES string of the molecule is CNc1ccc2n(Br)cc[n+]2n1. The lowest BCUT2D eigenvalue weighted by Crippen LogP contribution is -2.24. The van der Waals surface area contributed by atoms with E-state index in [1.165, 1.54) is 0 Å². The zero-order valence-corrected chi connectivity index (χ0v) is 8.12. The smallest absolute Gasteiger partial charge is 0.318 e. The molecule has 0 aliphatic carbocycles. The summed E-state index contributed by atoms with van der Waals surface area (Å²) in [4.78, 5) is 0. The Kier molecular flexibility index (Phi) is 1.73. The molecule has 2 aromatic rings. The number of halogens is 1. The second-order valence-electron chi connectivity index (χ2n) is 2.38. The normalized spacial score (nSPS) is 10.5. The number of hydrogen-bond donors (Lipinski definition) is 1. The summed E-state index contributed by atoms with van der Waals surface area (Å²) < 4.78 is 3.63. The number of anilines is 1. The lowest BCUT2D eigenvalue weighted by molar-refractivity contribution is -0.577. The summed E-state index contributed by atoms with van der Waals surface area (Å²) >= 11 is 3.35. The molecule has 2 rings (SSSR count). The first-order valence-electron chi connectivity index (χ1n) is 3.55. The quantitative estimate of drug-likeness (QED) is 0.733. The van der Waals surface area contributed by atoms with E-state index in [4.69, 9.17) is 0 Å². The van der Waals surface area contributed by atoms with E-state index < -0.39 is 0 Å². The molecular weight excluding hydrogens is 220 g/mol. The molecule has 62 valence electrons. The molecular formula is C7H8BrN4+. The Morgan fingerprint density at radius 2 is 2.42 bits per heavy atom. The van der Waals surface area contributed by atoms with Gasteiger partial charge in [0.05, 0.1) is 0 Å². The van der Waals surface area contributed by atoms with Crippen molar-refractivity contribution in [3.05, 3.63) is 24.5 Å². The molecule has 0 aliphatic rings. The molecule has 5 heteroatoms. The van der Waals surface area contributed by atoms with Gasteiger partial charge >= 0.3 is 5.65 Å². The molecule has 0 amide bonds. The number of hydrogen-bond acceptors (Lipinski definition) is 2. The average Bonchev–Trinajstić information content (AvgIpc) is 2.47. The topological polar surface area (TPSA) is 34.0 Å². The maximum Gasteiger partial charge on any atom is 0.318 e. The van der Waals surface area contributed by atoms with Crippen LogP contribution in [-0.2, 0) is 0 Å². The first-order valence-corrected chi connectivity index (χ1v) is 4.26. The summed E-state index contributed by atoms with van der Waals surface area (Å²) in [7, 11) is 1.85. The van der Waals surface area contributed by atoms with Crippen LogP contribution < -0.4 is 9.83 Å². The van der Waals surface area contributed by atoms with Crippen molar-refractivity contribution >= 4 is 27.6 Å². The van der Waals surface area contributed by atoms with Crippen molar-refractivity contribution in [3.8, 4) is 0 Å². The zero-order chi connectivity index (χ0) is 8.55. The number of fused-ring (bicyclic) bond motifs is 1. The number of aromatic nitrogens is 3. The lowest BCUT2D eigenvalue weighted by atomic mass is 10.5. The fraction of sp³-hybridized carbons (Fsp3) is 0.143. The standard InChI is InChI=1S/C7H8BrN4/c1-9-6-2-3-7-11(8)4-5-12(7)10-6/h2-5H,1H3,(H,9,10)/q+1. The van der Waals surface area contributed by atoms with Crippen molar-refractivity contribution in [1.82, 2.24) is 8.69 Å². The Labute approximate surface area is 78.2 Å². The molecule has 4 nitrogen and oxygen atoms in total. The Bertz CT molecular complexity index is 409. The molecule has 0 fully saturated rings. The lowest BCUT2D eigenvalue weighted by Gasteiger charge is -1.93. The highest BCUT2D eigenvalue weighted by Gasteiger charge is 2.07. The van der Waals surface area contributed by atoms with Crippen molar-refractivity contribution < 1.29 is 4.52 Å². The molecule has 0 spiro atoms. The third-order valence-corrected chi connectivity index (χ3v) is 2.25. The predicted molar refractivity (Wildman–Crippen MR) is 49.3 cm³/mol. The van der Waals surface area contributed by atoms with Gasteiger partial charge in [-0.05, 0) is 6.07 Å². The van der Waals surface area contributed by atoms with E-state index in [2.05, 4.69) is 26.6 Å². The van der Waals surface area contributed by atoms with Gasteiger partial charge in [0.2, 0.25) is 0 Å². The Morgan fingerprint density at radius 3 is 3.17 bits per heavy atom. The van der Waals surface area contributed by atoms with Crippen LogP contribution in [0, 0.1) is 0 Å². The zero-order valence-electron chi connectivity index (χ0n) is 6.53. The molecule has 2 aromatic heterocycles. The van der Waals surface area contributed by atoms with Crippen LogP contribution in [0.15, 0.2) is 24.5 Å². The highest BCUT2D eigenvalue weighted by Crippen LogP contribution is 2.04. The summed E-state index contributed by atoms with van der Waals surface area (Å²) in [6.45, 7) is 0. The summed E-state index contributed by atoms with van der Waals surface area (Å²) in [5.41, 5.74) is 0.994. The fourth-order valence-corrected chi connectivity index (χ4v) is 1.43. The van der Waals surface area contributed by atoms with Crippen LogP contribution in [0.5, 0.6) is 0 Å². The maximum absolute atomic E-state index is 4.27. The summed E-state index contributed by atoms with van der Waals surface area (Å²) in [6, 6.07) is 3.90. The second kappa shape index (κ2) is 2.75. The number of rotatable bonds is 1. The van der Waals surface area contributed by atoms with Gasteiger partial charge in [-0.15, -0.1) is 0 Å². The van der Waals surface area contributed by atoms with E-state index in [-0.39, 0.29) is 0 Å². The molecule has 0 unspecified atom stereocenters. The molecule has 0 saturated heterocycles. The highest BCUT2D eigenvalue weighted by atomic mass is 79.9. The minimum atomic E-state index is 0.853. The number of imidazole rings is 1. The molecule has 0 saturated carbocycles. The third-order valence-electron chi connectivity index (χ3n) is 1.65. The van der Waals surface area contributed by atoms with E-state index in [0.717, 1.165) is 11.5 Å². The highest BCUT2D eigenvalue weighted by molar-refractivity contribution is 9.08. The van der Waals surface area contributed by atoms with Crippen molar-refractivity contribution in [2.45, 2.75) is 0 Å². The van der Waals surface area contributed by atoms with Crippen LogP contribution in [0.1, 0.15) is 0 Å². The molecule has 0 atom stereocenters. The summed E-state index contributed by atoms with van der Waals surface area (Å²) in [6.07, 6.45) is 3.77. The van der Waals surface area contributed by atoms with E-state index in [1.54, 1.807) is 4.52 Å². The fourth-order valence-electron chi connectivity index (χ4n) is 1.04. The monoisotopic (exact) mass is 227 g/mol. The minimum absolute atomic E-state index is 0.853. The van der Waals surface area contributed by atoms with Gasteiger partial charge in [0.25, 0.3) is 0 Å². The Morgan fingerprint density at radius 1 is 1.58 bits per heavy atom. The Hall–Kier alpha value is -1.10. The van der Waals surface area contributed by atoms with Crippen LogP contribution >= 0.6 is 16.1 Å². The number of nitrogens with one attached hydrogen (secondary N) is 1. The van der Waals surface area contributed by atoms with E-state index in [0.29, 0.717) is 0 Å². The second-order valence-corrected chi connectivity index (χ2v) is 3.14. The minimum Gasteiger partial charge on any atom is -0.370 e. The van der Waals surface area contributed by atoms with Crippen molar-refractivity contribution in [1.29, 1.82) is 0 Å². The molecule has 0 radical (unpaired) electrons. The molecule has 12 heavy (non-hydrogen) atoms. The van der Waals surface area contributed by atoms with Crippen LogP contribution in [0.4, 0.5) is 5.82 Å². The Balaban J connectivity index is 2.69. The molecule has 1 N–H and O–H groups in total. The van der Waals surface area contributed by atoms with E-state index >= 15 is 0 Å². The van der Waals surface area contributed by atoms with Crippen LogP contribution in [0.2, 0.25) is 0 Å². The van der Waals surface area contributed by atoms with Gasteiger partial charge in [0, 0.05) is 13.1 Å². The average molecular weight is 228 g/mol. The van der Waals surface area contributed by atoms with Crippen molar-refractivity contribution in [3.63, 3.8) is 0 Å². The largest absolute Gasteiger partial charge is 0.370 e. The van der Waals surface area contributed by atoms with Crippen LogP contribution in [-0.4, -0.2) is 15.7 Å². The van der Waals surface area contributed by atoms with Gasteiger partial charge < -0.3 is 5.32 Å². The van der Waals surface area contributed by atoms with Gasteiger partial charge in [-0.3, -0.25) is 0 Å². The van der Waals surface area contributed by atoms with Crippen molar-refractivity contribution in [2.75, 3.05) is 12.4 Å². The first kappa shape index (κ1) is 7.54. The van der Waals surface area contributed by atoms with E-state index in [1.807, 2.05) is 35.2 Å². The van der Waals surface area contributed by atoms with Gasteiger partial charge in [-0.25, -0.2) is 0 Å². The van der Waals surface area contributed by atoms with Crippen LogP contribution in [0.25, 0.3) is 5.65 Å². The first-order chi connectivity index (χ1) is 5.81. The predicted octanol–water partition coefficient (Wildman–Crippen LogP) is 0.821. The molecule has 0 aliphatic heterocycles. The van der Waals surface area contributed by atoms with Crippen LogP contribution in [0.3, 0.4) is 0 Å². The summed E-state index contributed by atoms with van der Waals surface area (Å²) in [5, 5.41) is 7.24. The maximum atomic E-state index is 4.27. The van der Waals surface area contributed by atoms with Crippen molar-refractivity contribution in [2.24, 2.45) is 0 Å². The molecule has 0 bridgehead atoms. The molecule has 0 aromatic carbocycles. The van der Waals surface area contributed by atoms with Gasteiger partial charge in [-0.2, -0.15) is 3.59 Å². The van der Waals surface area contributed by atoms with Gasteiger partial charge in [0.15, 0.2) is 28.2 Å². The van der Waals surface area contributed by atoms with E-state index in [9.17, 15) is 0 Å². The third kappa shape index (κ3) is 1.06. The number of nitrogens with zero attached hydrogens (tertiary/aromatic N) is 3. The van der Waals surface area contributed by atoms with Gasteiger partial charge in [-0.1, -0.05) is 9.61 Å².